The standard InChI is InChI=1S/C20H38O7/c1-2-3-4-5-6-7-8-9-10-11-12-15(22)14-26-20-19(25)18(24)17(23)16(13-21)27-20/h16-21,23-25H,2-14H2,1H3/t16-,17-,18+,19-,20+/m1/s1. The molecule has 0 saturated carbocycles. The van der Waals surface area contributed by atoms with Gasteiger partial charge in [-0.3, -0.25) is 4.79 Å². The number of aliphatic hydroxyl groups excluding tert-OH is 4. The molecule has 0 unspecified atom stereocenters. The molecule has 0 aromatic rings. The maximum absolute atomic E-state index is 11.9. The monoisotopic (exact) mass is 390 g/mol. The first kappa shape index (κ1) is 24.5. The van der Waals surface area contributed by atoms with Crippen LogP contribution in [0.25, 0.3) is 0 Å². The van der Waals surface area contributed by atoms with E-state index in [1.165, 1.54) is 44.9 Å². The predicted octanol–water partition coefficient (Wildman–Crippen LogP) is 1.68. The molecule has 0 aromatic heterocycles. The first-order chi connectivity index (χ1) is 13.0. The Labute approximate surface area is 162 Å². The highest BCUT2D eigenvalue weighted by Gasteiger charge is 2.44. The Bertz CT molecular complexity index is 389. The predicted molar refractivity (Wildman–Crippen MR) is 101 cm³/mol. The van der Waals surface area contributed by atoms with Gasteiger partial charge in [0.05, 0.1) is 6.61 Å². The molecule has 1 fully saturated rings. The van der Waals surface area contributed by atoms with E-state index in [-0.39, 0.29) is 12.4 Å². The molecule has 7 heteroatoms. The number of hydrogen-bond donors (Lipinski definition) is 4. The van der Waals surface area contributed by atoms with Gasteiger partial charge in [-0.1, -0.05) is 64.7 Å². The van der Waals surface area contributed by atoms with Crippen LogP contribution in [0, 0.1) is 0 Å². The highest BCUT2D eigenvalue weighted by Crippen LogP contribution is 2.22. The topological polar surface area (TPSA) is 116 Å². The van der Waals surface area contributed by atoms with Gasteiger partial charge in [0.1, 0.15) is 31.0 Å². The Morgan fingerprint density at radius 3 is 1.96 bits per heavy atom. The van der Waals surface area contributed by atoms with E-state index in [1.54, 1.807) is 0 Å². The summed E-state index contributed by atoms with van der Waals surface area (Å²) in [7, 11) is 0. The number of rotatable bonds is 15. The summed E-state index contributed by atoms with van der Waals surface area (Å²) in [6, 6.07) is 0. The van der Waals surface area contributed by atoms with Crippen molar-refractivity contribution in [3.8, 4) is 0 Å². The average molecular weight is 391 g/mol. The van der Waals surface area contributed by atoms with E-state index >= 15 is 0 Å². The van der Waals surface area contributed by atoms with Crippen LogP contribution in [-0.4, -0.2) is 70.1 Å². The quantitative estimate of drug-likeness (QED) is 0.314. The Morgan fingerprint density at radius 2 is 1.41 bits per heavy atom. The second-order valence-corrected chi connectivity index (χ2v) is 7.48. The van der Waals surface area contributed by atoms with E-state index in [2.05, 4.69) is 6.92 Å². The molecule has 1 heterocycles. The Morgan fingerprint density at radius 1 is 0.852 bits per heavy atom. The van der Waals surface area contributed by atoms with Gasteiger partial charge in [0.15, 0.2) is 12.1 Å². The molecule has 160 valence electrons. The van der Waals surface area contributed by atoms with Gasteiger partial charge in [-0.15, -0.1) is 0 Å². The summed E-state index contributed by atoms with van der Waals surface area (Å²) >= 11 is 0. The summed E-state index contributed by atoms with van der Waals surface area (Å²) in [5, 5.41) is 38.3. The van der Waals surface area contributed by atoms with Crippen molar-refractivity contribution in [3.05, 3.63) is 0 Å². The lowest BCUT2D eigenvalue weighted by Gasteiger charge is -2.39. The lowest BCUT2D eigenvalue weighted by molar-refractivity contribution is -0.299. The maximum Gasteiger partial charge on any atom is 0.187 e. The number of unbranched alkanes of at least 4 members (excludes halogenated alkanes) is 9. The fourth-order valence-corrected chi connectivity index (χ4v) is 3.26. The first-order valence-corrected chi connectivity index (χ1v) is 10.4. The zero-order chi connectivity index (χ0) is 20.1. The molecule has 0 aromatic carbocycles. The molecular formula is C20H38O7. The summed E-state index contributed by atoms with van der Waals surface area (Å²) in [4.78, 5) is 11.9. The molecule has 4 N–H and O–H groups in total. The van der Waals surface area contributed by atoms with E-state index in [0.29, 0.717) is 6.42 Å². The van der Waals surface area contributed by atoms with Crippen LogP contribution in [0.15, 0.2) is 0 Å². The van der Waals surface area contributed by atoms with Crippen molar-refractivity contribution in [1.82, 2.24) is 0 Å². The van der Waals surface area contributed by atoms with Gasteiger partial charge < -0.3 is 29.9 Å². The van der Waals surface area contributed by atoms with Gasteiger partial charge in [-0.25, -0.2) is 0 Å². The van der Waals surface area contributed by atoms with Gasteiger partial charge in [0.2, 0.25) is 0 Å². The molecule has 1 rings (SSSR count). The Kier molecular flexibility index (Phi) is 13.1. The number of carbonyl (C=O) groups is 1. The minimum Gasteiger partial charge on any atom is -0.394 e. The van der Waals surface area contributed by atoms with Gasteiger partial charge in [-0.2, -0.15) is 0 Å². The molecule has 0 radical (unpaired) electrons. The fourth-order valence-electron chi connectivity index (χ4n) is 3.26. The minimum atomic E-state index is -1.49. The molecule has 1 saturated heterocycles. The van der Waals surface area contributed by atoms with Crippen LogP contribution in [0.3, 0.4) is 0 Å². The second kappa shape index (κ2) is 14.4. The molecule has 1 aliphatic rings. The minimum absolute atomic E-state index is 0.0912. The maximum atomic E-state index is 11.9. The normalized spacial score (nSPS) is 28.4. The number of hydrogen-bond acceptors (Lipinski definition) is 7. The number of ether oxygens (including phenoxy) is 2. The van der Waals surface area contributed by atoms with E-state index < -0.39 is 37.3 Å². The number of carbonyl (C=O) groups excluding carboxylic acids is 1. The molecule has 0 amide bonds. The molecule has 7 nitrogen and oxygen atoms in total. The van der Waals surface area contributed by atoms with Crippen LogP contribution < -0.4 is 0 Å². The molecule has 5 atom stereocenters. The van der Waals surface area contributed by atoms with Gasteiger partial charge in [0, 0.05) is 6.42 Å². The summed E-state index contributed by atoms with van der Waals surface area (Å²) in [6.07, 6.45) is 5.75. The van der Waals surface area contributed by atoms with Crippen LogP contribution in [0.1, 0.15) is 77.6 Å². The number of Topliss-reactive ketones (excluding diaryl/α,β-unsaturated/α-hetero) is 1. The summed E-state index contributed by atoms with van der Waals surface area (Å²) in [6.45, 7) is 1.48. The molecule has 0 bridgehead atoms. The highest BCUT2D eigenvalue weighted by atomic mass is 16.7. The zero-order valence-corrected chi connectivity index (χ0v) is 16.6. The van der Waals surface area contributed by atoms with E-state index in [9.17, 15) is 20.1 Å². The van der Waals surface area contributed by atoms with Crippen molar-refractivity contribution >= 4 is 5.78 Å². The third kappa shape index (κ3) is 9.45. The van der Waals surface area contributed by atoms with Crippen molar-refractivity contribution in [2.24, 2.45) is 0 Å². The van der Waals surface area contributed by atoms with Crippen molar-refractivity contribution in [1.29, 1.82) is 0 Å². The third-order valence-electron chi connectivity index (χ3n) is 5.07. The number of ketones is 1. The zero-order valence-electron chi connectivity index (χ0n) is 16.6. The highest BCUT2D eigenvalue weighted by molar-refractivity contribution is 5.79. The van der Waals surface area contributed by atoms with Gasteiger partial charge >= 0.3 is 0 Å². The average Bonchev–Trinajstić information content (AvgIpc) is 2.67. The van der Waals surface area contributed by atoms with Gasteiger partial charge in [-0.05, 0) is 6.42 Å². The SMILES string of the molecule is CCCCCCCCCCCCC(=O)CO[C@H]1O[C@H](CO)[C@@H](O)[C@H](O)[C@H]1O. The smallest absolute Gasteiger partial charge is 0.187 e. The van der Waals surface area contributed by atoms with Crippen LogP contribution in [-0.2, 0) is 14.3 Å². The second-order valence-electron chi connectivity index (χ2n) is 7.48. The van der Waals surface area contributed by atoms with E-state index in [1.807, 2.05) is 0 Å². The molecule has 27 heavy (non-hydrogen) atoms. The van der Waals surface area contributed by atoms with Crippen LogP contribution in [0.5, 0.6) is 0 Å². The molecule has 0 aliphatic carbocycles. The molecular weight excluding hydrogens is 352 g/mol. The van der Waals surface area contributed by atoms with Crippen LogP contribution in [0.2, 0.25) is 0 Å². The first-order valence-electron chi connectivity index (χ1n) is 10.4. The summed E-state index contributed by atoms with van der Waals surface area (Å²) < 4.78 is 10.4. The van der Waals surface area contributed by atoms with Crippen molar-refractivity contribution in [3.63, 3.8) is 0 Å². The van der Waals surface area contributed by atoms with E-state index in [0.717, 1.165) is 19.3 Å². The van der Waals surface area contributed by atoms with Crippen molar-refractivity contribution in [2.45, 2.75) is 108 Å². The lowest BCUT2D eigenvalue weighted by atomic mass is 9.99. The van der Waals surface area contributed by atoms with Gasteiger partial charge in [0.25, 0.3) is 0 Å². The summed E-state index contributed by atoms with van der Waals surface area (Å²) in [5.74, 6) is -0.0912. The number of aliphatic hydroxyl groups is 4. The Hall–Kier alpha value is -0.570. The molecule has 0 spiro atoms. The van der Waals surface area contributed by atoms with Crippen LogP contribution in [0.4, 0.5) is 0 Å². The Balaban J connectivity index is 2.07. The fraction of sp³-hybridized carbons (Fsp3) is 0.950. The lowest BCUT2D eigenvalue weighted by Crippen LogP contribution is -2.59. The van der Waals surface area contributed by atoms with Crippen LogP contribution >= 0.6 is 0 Å². The molecule has 1 aliphatic heterocycles. The van der Waals surface area contributed by atoms with Crippen molar-refractivity contribution < 1.29 is 34.7 Å². The summed E-state index contributed by atoms with van der Waals surface area (Å²) in [5.41, 5.74) is 0. The van der Waals surface area contributed by atoms with E-state index in [4.69, 9.17) is 14.6 Å². The largest absolute Gasteiger partial charge is 0.394 e. The van der Waals surface area contributed by atoms with Crippen molar-refractivity contribution in [2.75, 3.05) is 13.2 Å². The third-order valence-corrected chi connectivity index (χ3v) is 5.07.